The second-order valence-electron chi connectivity index (χ2n) is 4.34. The molecule has 2 aromatic rings. The van der Waals surface area contributed by atoms with E-state index in [0.717, 1.165) is 11.3 Å². The molecule has 0 N–H and O–H groups in total. The lowest BCUT2D eigenvalue weighted by molar-refractivity contribution is 0.607. The first kappa shape index (κ1) is 10.8. The van der Waals surface area contributed by atoms with Gasteiger partial charge in [-0.05, 0) is 30.5 Å². The van der Waals surface area contributed by atoms with Gasteiger partial charge in [-0.15, -0.1) is 11.6 Å². The van der Waals surface area contributed by atoms with Crippen molar-refractivity contribution in [3.63, 3.8) is 0 Å². The summed E-state index contributed by atoms with van der Waals surface area (Å²) in [6, 6.07) is 6.89. The van der Waals surface area contributed by atoms with Crippen molar-refractivity contribution in [2.45, 2.75) is 24.6 Å². The highest BCUT2D eigenvalue weighted by Crippen LogP contribution is 2.39. The fraction of sp³-hybridized carbons (Fsp3) is 0.308. The van der Waals surface area contributed by atoms with Crippen LogP contribution in [0, 0.1) is 5.82 Å². The van der Waals surface area contributed by atoms with Gasteiger partial charge in [0.1, 0.15) is 11.5 Å². The Bertz CT molecular complexity index is 546. The molecular formula is C13H12ClFN2. The zero-order valence-electron chi connectivity index (χ0n) is 9.24. The molecule has 1 aliphatic carbocycles. The Morgan fingerprint density at radius 1 is 1.35 bits per heavy atom. The molecule has 0 amide bonds. The molecule has 1 fully saturated rings. The lowest BCUT2D eigenvalue weighted by Gasteiger charge is -2.08. The molecule has 0 atom stereocenters. The first-order valence-electron chi connectivity index (χ1n) is 5.69. The van der Waals surface area contributed by atoms with Crippen LogP contribution in [-0.2, 0) is 5.88 Å². The van der Waals surface area contributed by atoms with Crippen LogP contribution < -0.4 is 0 Å². The van der Waals surface area contributed by atoms with Crippen molar-refractivity contribution >= 4 is 11.6 Å². The molecule has 1 aromatic carbocycles. The SMILES string of the molecule is Fc1cccc(CCl)c1-n1ccc(C2CC2)n1. The number of hydrogen-bond donors (Lipinski definition) is 0. The summed E-state index contributed by atoms with van der Waals surface area (Å²) < 4.78 is 15.4. The van der Waals surface area contributed by atoms with Crippen molar-refractivity contribution in [3.05, 3.63) is 47.5 Å². The van der Waals surface area contributed by atoms with Gasteiger partial charge in [-0.25, -0.2) is 9.07 Å². The maximum atomic E-state index is 13.8. The van der Waals surface area contributed by atoms with Crippen molar-refractivity contribution in [2.75, 3.05) is 0 Å². The van der Waals surface area contributed by atoms with Crippen LogP contribution in [0.15, 0.2) is 30.5 Å². The van der Waals surface area contributed by atoms with Crippen LogP contribution in [0.2, 0.25) is 0 Å². The first-order valence-corrected chi connectivity index (χ1v) is 6.22. The van der Waals surface area contributed by atoms with Gasteiger partial charge in [-0.2, -0.15) is 5.10 Å². The maximum Gasteiger partial charge on any atom is 0.149 e. The molecule has 0 spiro atoms. The highest BCUT2D eigenvalue weighted by molar-refractivity contribution is 6.17. The largest absolute Gasteiger partial charge is 0.237 e. The Morgan fingerprint density at radius 2 is 2.18 bits per heavy atom. The molecular weight excluding hydrogens is 239 g/mol. The Morgan fingerprint density at radius 3 is 2.88 bits per heavy atom. The number of nitrogens with zero attached hydrogens (tertiary/aromatic N) is 2. The van der Waals surface area contributed by atoms with E-state index in [9.17, 15) is 4.39 Å². The van der Waals surface area contributed by atoms with E-state index in [2.05, 4.69) is 5.10 Å². The summed E-state index contributed by atoms with van der Waals surface area (Å²) in [5.74, 6) is 0.571. The summed E-state index contributed by atoms with van der Waals surface area (Å²) in [5.41, 5.74) is 2.28. The molecule has 1 saturated carbocycles. The van der Waals surface area contributed by atoms with Gasteiger partial charge in [-0.3, -0.25) is 0 Å². The van der Waals surface area contributed by atoms with E-state index in [1.807, 2.05) is 18.3 Å². The maximum absolute atomic E-state index is 13.8. The third-order valence-corrected chi connectivity index (χ3v) is 3.34. The van der Waals surface area contributed by atoms with Gasteiger partial charge in [0.05, 0.1) is 5.69 Å². The van der Waals surface area contributed by atoms with E-state index < -0.39 is 0 Å². The Hall–Kier alpha value is -1.35. The summed E-state index contributed by atoms with van der Waals surface area (Å²) >= 11 is 5.83. The minimum absolute atomic E-state index is 0.283. The fourth-order valence-electron chi connectivity index (χ4n) is 1.98. The van der Waals surface area contributed by atoms with Gasteiger partial charge in [-0.1, -0.05) is 12.1 Å². The number of aromatic nitrogens is 2. The predicted octanol–water partition coefficient (Wildman–Crippen LogP) is 3.63. The van der Waals surface area contributed by atoms with Gasteiger partial charge < -0.3 is 0 Å². The zero-order chi connectivity index (χ0) is 11.8. The van der Waals surface area contributed by atoms with Gasteiger partial charge >= 0.3 is 0 Å². The third-order valence-electron chi connectivity index (χ3n) is 3.05. The molecule has 0 radical (unpaired) electrons. The lowest BCUT2D eigenvalue weighted by atomic mass is 10.2. The van der Waals surface area contributed by atoms with Crippen molar-refractivity contribution in [3.8, 4) is 5.69 Å². The molecule has 0 unspecified atom stereocenters. The predicted molar refractivity (Wildman–Crippen MR) is 65.1 cm³/mol. The van der Waals surface area contributed by atoms with E-state index in [4.69, 9.17) is 11.6 Å². The smallest absolute Gasteiger partial charge is 0.149 e. The molecule has 17 heavy (non-hydrogen) atoms. The summed E-state index contributed by atoms with van der Waals surface area (Å²) in [5, 5.41) is 4.43. The molecule has 1 heterocycles. The van der Waals surface area contributed by atoms with Crippen LogP contribution in [0.3, 0.4) is 0 Å². The third kappa shape index (κ3) is 1.95. The van der Waals surface area contributed by atoms with Gasteiger partial charge in [0.15, 0.2) is 0 Å². The number of para-hydroxylation sites is 1. The first-order chi connectivity index (χ1) is 8.29. The number of hydrogen-bond acceptors (Lipinski definition) is 1. The summed E-state index contributed by atoms with van der Waals surface area (Å²) in [6.45, 7) is 0. The van der Waals surface area contributed by atoms with Crippen LogP contribution in [0.5, 0.6) is 0 Å². The standard InChI is InChI=1S/C13H12ClFN2/c14-8-10-2-1-3-11(15)13(10)17-7-6-12(16-17)9-4-5-9/h1-3,6-7,9H,4-5,8H2. The normalized spacial score (nSPS) is 15.2. The number of rotatable bonds is 3. The van der Waals surface area contributed by atoms with E-state index >= 15 is 0 Å². The van der Waals surface area contributed by atoms with Gasteiger partial charge in [0, 0.05) is 18.0 Å². The van der Waals surface area contributed by atoms with E-state index in [1.165, 1.54) is 18.9 Å². The van der Waals surface area contributed by atoms with Gasteiger partial charge in [0.25, 0.3) is 0 Å². The molecule has 88 valence electrons. The van der Waals surface area contributed by atoms with Crippen LogP contribution in [0.25, 0.3) is 5.69 Å². The number of alkyl halides is 1. The van der Waals surface area contributed by atoms with Gasteiger partial charge in [0.2, 0.25) is 0 Å². The Labute approximate surface area is 104 Å². The van der Waals surface area contributed by atoms with Crippen molar-refractivity contribution in [1.82, 2.24) is 9.78 Å². The second kappa shape index (κ2) is 4.15. The summed E-state index contributed by atoms with van der Waals surface area (Å²) in [4.78, 5) is 0. The lowest BCUT2D eigenvalue weighted by Crippen LogP contribution is -2.03. The molecule has 1 aromatic heterocycles. The highest BCUT2D eigenvalue weighted by Gasteiger charge is 2.26. The average Bonchev–Trinajstić information content (AvgIpc) is 3.08. The fourth-order valence-corrected chi connectivity index (χ4v) is 2.20. The van der Waals surface area contributed by atoms with E-state index in [0.29, 0.717) is 11.6 Å². The van der Waals surface area contributed by atoms with Crippen LogP contribution in [-0.4, -0.2) is 9.78 Å². The topological polar surface area (TPSA) is 17.8 Å². The van der Waals surface area contributed by atoms with Crippen molar-refractivity contribution in [1.29, 1.82) is 0 Å². The zero-order valence-corrected chi connectivity index (χ0v) is 9.99. The molecule has 4 heteroatoms. The minimum Gasteiger partial charge on any atom is -0.237 e. The highest BCUT2D eigenvalue weighted by atomic mass is 35.5. The second-order valence-corrected chi connectivity index (χ2v) is 4.61. The van der Waals surface area contributed by atoms with Crippen LogP contribution in [0.1, 0.15) is 30.0 Å². The van der Waals surface area contributed by atoms with E-state index in [1.54, 1.807) is 10.7 Å². The van der Waals surface area contributed by atoms with E-state index in [-0.39, 0.29) is 11.7 Å². The summed E-state index contributed by atoms with van der Waals surface area (Å²) in [6.07, 6.45) is 4.19. The molecule has 0 aliphatic heterocycles. The van der Waals surface area contributed by atoms with Crippen molar-refractivity contribution in [2.24, 2.45) is 0 Å². The quantitative estimate of drug-likeness (QED) is 0.761. The van der Waals surface area contributed by atoms with Crippen LogP contribution in [0.4, 0.5) is 4.39 Å². The molecule has 0 bridgehead atoms. The van der Waals surface area contributed by atoms with Crippen molar-refractivity contribution < 1.29 is 4.39 Å². The minimum atomic E-state index is -0.284. The number of halogens is 2. The Kier molecular flexibility index (Phi) is 2.63. The number of benzene rings is 1. The summed E-state index contributed by atoms with van der Waals surface area (Å²) in [7, 11) is 0. The molecule has 1 aliphatic rings. The molecule has 0 saturated heterocycles. The molecule has 3 rings (SSSR count). The monoisotopic (exact) mass is 250 g/mol. The molecule has 2 nitrogen and oxygen atoms in total. The average molecular weight is 251 g/mol. The van der Waals surface area contributed by atoms with Crippen LogP contribution >= 0.6 is 11.6 Å². The Balaban J connectivity index is 2.06.